The Balaban J connectivity index is 2.84. The number of hydrogen-bond acceptors (Lipinski definition) is 4. The van der Waals surface area contributed by atoms with Gasteiger partial charge in [0.05, 0.1) is 19.3 Å². The van der Waals surface area contributed by atoms with Gasteiger partial charge in [-0.25, -0.2) is 0 Å². The number of carbonyl (C=O) groups is 1. The van der Waals surface area contributed by atoms with Gasteiger partial charge in [-0.15, -0.1) is 0 Å². The molecule has 1 rings (SSSR count). The van der Waals surface area contributed by atoms with Crippen LogP contribution in [-0.2, 0) is 0 Å². The number of nitrogens with two attached hydrogens (primary N) is 1. The fourth-order valence-electron chi connectivity index (χ4n) is 2.05. The van der Waals surface area contributed by atoms with E-state index in [2.05, 4.69) is 5.32 Å². The highest BCUT2D eigenvalue weighted by atomic mass is 16.5. The molecule has 0 aliphatic carbocycles. The van der Waals surface area contributed by atoms with E-state index in [9.17, 15) is 9.90 Å². The first-order valence-electron chi connectivity index (χ1n) is 6.84. The standard InChI is InChI=1S/C15H24N2O3/c1-4-15(5-2,10-18)9-17-14(19)12-8-11(16)6-7-13(12)20-3/h6-8,18H,4-5,9-10,16H2,1-3H3,(H,17,19). The van der Waals surface area contributed by atoms with E-state index in [0.717, 1.165) is 12.8 Å². The first-order valence-corrected chi connectivity index (χ1v) is 6.84. The number of nitrogens with one attached hydrogen (secondary N) is 1. The fraction of sp³-hybridized carbons (Fsp3) is 0.533. The summed E-state index contributed by atoms with van der Waals surface area (Å²) in [4.78, 5) is 12.2. The van der Waals surface area contributed by atoms with Crippen molar-refractivity contribution in [1.29, 1.82) is 0 Å². The van der Waals surface area contributed by atoms with Crippen LogP contribution in [0.3, 0.4) is 0 Å². The number of rotatable bonds is 7. The molecule has 1 aromatic carbocycles. The van der Waals surface area contributed by atoms with E-state index in [1.54, 1.807) is 18.2 Å². The van der Waals surface area contributed by atoms with Crippen molar-refractivity contribution in [3.05, 3.63) is 23.8 Å². The highest BCUT2D eigenvalue weighted by Crippen LogP contribution is 2.25. The molecule has 0 heterocycles. The van der Waals surface area contributed by atoms with Gasteiger partial charge in [0.25, 0.3) is 5.91 Å². The van der Waals surface area contributed by atoms with Crippen LogP contribution in [0.5, 0.6) is 5.75 Å². The van der Waals surface area contributed by atoms with Gasteiger partial charge in [0.2, 0.25) is 0 Å². The van der Waals surface area contributed by atoms with Crippen molar-refractivity contribution in [3.8, 4) is 5.75 Å². The summed E-state index contributed by atoms with van der Waals surface area (Å²) in [5.74, 6) is 0.244. The van der Waals surface area contributed by atoms with Gasteiger partial charge in [-0.1, -0.05) is 13.8 Å². The number of benzene rings is 1. The summed E-state index contributed by atoms with van der Waals surface area (Å²) in [5.41, 5.74) is 6.35. The zero-order valence-corrected chi connectivity index (χ0v) is 12.4. The number of nitrogen functional groups attached to an aromatic ring is 1. The second kappa shape index (κ2) is 7.14. The highest BCUT2D eigenvalue weighted by Gasteiger charge is 2.26. The molecule has 0 aliphatic heterocycles. The van der Waals surface area contributed by atoms with Crippen molar-refractivity contribution >= 4 is 11.6 Å². The number of anilines is 1. The van der Waals surface area contributed by atoms with E-state index in [0.29, 0.717) is 23.5 Å². The molecule has 1 amide bonds. The highest BCUT2D eigenvalue weighted by molar-refractivity contribution is 5.97. The first kappa shape index (κ1) is 16.3. The molecule has 0 atom stereocenters. The van der Waals surface area contributed by atoms with Crippen LogP contribution in [0.25, 0.3) is 0 Å². The van der Waals surface area contributed by atoms with Gasteiger partial charge in [0.1, 0.15) is 5.75 Å². The van der Waals surface area contributed by atoms with Gasteiger partial charge in [-0.3, -0.25) is 4.79 Å². The molecule has 0 bridgehead atoms. The molecule has 4 N–H and O–H groups in total. The summed E-state index contributed by atoms with van der Waals surface area (Å²) >= 11 is 0. The number of aliphatic hydroxyl groups is 1. The molecule has 0 radical (unpaired) electrons. The lowest BCUT2D eigenvalue weighted by Crippen LogP contribution is -2.39. The lowest BCUT2D eigenvalue weighted by Gasteiger charge is -2.29. The van der Waals surface area contributed by atoms with Crippen LogP contribution in [-0.4, -0.2) is 31.3 Å². The molecule has 5 nitrogen and oxygen atoms in total. The Morgan fingerprint density at radius 2 is 2.05 bits per heavy atom. The van der Waals surface area contributed by atoms with Gasteiger partial charge in [0, 0.05) is 17.6 Å². The average Bonchev–Trinajstić information content (AvgIpc) is 2.49. The minimum Gasteiger partial charge on any atom is -0.496 e. The Bertz CT molecular complexity index is 448. The molecule has 20 heavy (non-hydrogen) atoms. The minimum atomic E-state index is -0.275. The third kappa shape index (κ3) is 3.63. The Kier molecular flexibility index (Phi) is 5.82. The van der Waals surface area contributed by atoms with Crippen LogP contribution in [0.1, 0.15) is 37.0 Å². The van der Waals surface area contributed by atoms with Gasteiger partial charge in [-0.2, -0.15) is 0 Å². The third-order valence-electron chi connectivity index (χ3n) is 3.93. The number of ether oxygens (including phenoxy) is 1. The normalized spacial score (nSPS) is 11.2. The van der Waals surface area contributed by atoms with Crippen molar-refractivity contribution in [1.82, 2.24) is 5.32 Å². The van der Waals surface area contributed by atoms with Crippen LogP contribution in [0.4, 0.5) is 5.69 Å². The molecule has 0 saturated carbocycles. The average molecular weight is 280 g/mol. The molecule has 0 saturated heterocycles. The van der Waals surface area contributed by atoms with E-state index < -0.39 is 0 Å². The first-order chi connectivity index (χ1) is 9.51. The van der Waals surface area contributed by atoms with E-state index >= 15 is 0 Å². The fourth-order valence-corrected chi connectivity index (χ4v) is 2.05. The number of methoxy groups -OCH3 is 1. The van der Waals surface area contributed by atoms with E-state index in [-0.39, 0.29) is 17.9 Å². The monoisotopic (exact) mass is 280 g/mol. The summed E-state index contributed by atoms with van der Waals surface area (Å²) in [6.07, 6.45) is 1.60. The quantitative estimate of drug-likeness (QED) is 0.665. The maximum absolute atomic E-state index is 12.2. The zero-order valence-electron chi connectivity index (χ0n) is 12.4. The molecular formula is C15H24N2O3. The third-order valence-corrected chi connectivity index (χ3v) is 3.93. The summed E-state index contributed by atoms with van der Waals surface area (Å²) in [5, 5.41) is 12.4. The summed E-state index contributed by atoms with van der Waals surface area (Å²) < 4.78 is 5.17. The van der Waals surface area contributed by atoms with E-state index in [1.165, 1.54) is 7.11 Å². The van der Waals surface area contributed by atoms with Gasteiger partial charge in [0.15, 0.2) is 0 Å². The van der Waals surface area contributed by atoms with Crippen molar-refractivity contribution < 1.29 is 14.6 Å². The second-order valence-electron chi connectivity index (χ2n) is 5.01. The molecule has 112 valence electrons. The molecule has 1 aromatic rings. The number of aliphatic hydroxyl groups excluding tert-OH is 1. The van der Waals surface area contributed by atoms with Crippen molar-refractivity contribution in [3.63, 3.8) is 0 Å². The maximum atomic E-state index is 12.2. The van der Waals surface area contributed by atoms with Gasteiger partial charge < -0.3 is 20.9 Å². The lowest BCUT2D eigenvalue weighted by molar-refractivity contribution is 0.0848. The van der Waals surface area contributed by atoms with Crippen molar-refractivity contribution in [2.75, 3.05) is 26.0 Å². The van der Waals surface area contributed by atoms with Crippen LogP contribution in [0, 0.1) is 5.41 Å². The SMILES string of the molecule is CCC(CC)(CO)CNC(=O)c1cc(N)ccc1OC. The maximum Gasteiger partial charge on any atom is 0.255 e. The lowest BCUT2D eigenvalue weighted by atomic mass is 9.83. The molecule has 0 aliphatic rings. The molecular weight excluding hydrogens is 256 g/mol. The summed E-state index contributed by atoms with van der Waals surface area (Å²) in [7, 11) is 1.51. The summed E-state index contributed by atoms with van der Waals surface area (Å²) in [6.45, 7) is 4.49. The number of amides is 1. The smallest absolute Gasteiger partial charge is 0.255 e. The largest absolute Gasteiger partial charge is 0.496 e. The molecule has 5 heteroatoms. The topological polar surface area (TPSA) is 84.6 Å². The van der Waals surface area contributed by atoms with E-state index in [4.69, 9.17) is 10.5 Å². The molecule has 0 aromatic heterocycles. The summed E-state index contributed by atoms with van der Waals surface area (Å²) in [6, 6.07) is 4.95. The van der Waals surface area contributed by atoms with Crippen LogP contribution in [0.2, 0.25) is 0 Å². The van der Waals surface area contributed by atoms with Crippen molar-refractivity contribution in [2.24, 2.45) is 5.41 Å². The zero-order chi connectivity index (χ0) is 15.2. The Morgan fingerprint density at radius 1 is 1.40 bits per heavy atom. The van der Waals surface area contributed by atoms with Crippen LogP contribution in [0.15, 0.2) is 18.2 Å². The van der Waals surface area contributed by atoms with E-state index in [1.807, 2.05) is 13.8 Å². The Hall–Kier alpha value is -1.75. The number of hydrogen-bond donors (Lipinski definition) is 3. The predicted octanol–water partition coefficient (Wildman–Crippen LogP) is 1.81. The Morgan fingerprint density at radius 3 is 2.55 bits per heavy atom. The second-order valence-corrected chi connectivity index (χ2v) is 5.01. The number of carbonyl (C=O) groups excluding carboxylic acids is 1. The molecule has 0 fully saturated rings. The minimum absolute atomic E-state index is 0.0499. The van der Waals surface area contributed by atoms with Crippen molar-refractivity contribution in [2.45, 2.75) is 26.7 Å². The van der Waals surface area contributed by atoms with Crippen LogP contribution >= 0.6 is 0 Å². The van der Waals surface area contributed by atoms with Gasteiger partial charge in [-0.05, 0) is 31.0 Å². The molecule has 0 unspecified atom stereocenters. The Labute approximate surface area is 120 Å². The van der Waals surface area contributed by atoms with Crippen LogP contribution < -0.4 is 15.8 Å². The predicted molar refractivity (Wildman–Crippen MR) is 79.8 cm³/mol. The molecule has 0 spiro atoms. The van der Waals surface area contributed by atoms with Gasteiger partial charge >= 0.3 is 0 Å².